The van der Waals surface area contributed by atoms with Crippen molar-refractivity contribution in [1.82, 2.24) is 0 Å². The largest absolute Gasteiger partial charge is 0.490 e. The van der Waals surface area contributed by atoms with E-state index in [9.17, 15) is 4.79 Å². The van der Waals surface area contributed by atoms with Gasteiger partial charge in [0.2, 0.25) is 0 Å². The molecule has 1 aromatic carbocycles. The zero-order chi connectivity index (χ0) is 10.3. The first-order valence-corrected chi connectivity index (χ1v) is 4.96. The van der Waals surface area contributed by atoms with Crippen LogP contribution in [0, 0.1) is 6.92 Å². The van der Waals surface area contributed by atoms with Crippen LogP contribution in [0.1, 0.15) is 28.4 Å². The fourth-order valence-electron chi connectivity index (χ4n) is 1.85. The van der Waals surface area contributed by atoms with E-state index in [4.69, 9.17) is 16.3 Å². The van der Waals surface area contributed by atoms with Crippen LogP contribution in [0.5, 0.6) is 5.75 Å². The van der Waals surface area contributed by atoms with E-state index in [1.165, 1.54) is 0 Å². The van der Waals surface area contributed by atoms with Gasteiger partial charge in [-0.3, -0.25) is 4.79 Å². The predicted molar refractivity (Wildman–Crippen MR) is 55.2 cm³/mol. The normalized spacial score (nSPS) is 18.9. The number of hydrogen-bond acceptors (Lipinski definition) is 2. The van der Waals surface area contributed by atoms with Crippen molar-refractivity contribution in [3.05, 3.63) is 28.8 Å². The minimum Gasteiger partial charge on any atom is -0.490 e. The predicted octanol–water partition coefficient (Wildman–Crippen LogP) is 2.70. The summed E-state index contributed by atoms with van der Waals surface area (Å²) >= 11 is 5.47. The lowest BCUT2D eigenvalue weighted by Crippen LogP contribution is -2.05. The summed E-state index contributed by atoms with van der Waals surface area (Å²) in [6, 6.07) is 3.54. The molecule has 0 aliphatic carbocycles. The van der Waals surface area contributed by atoms with Crippen LogP contribution in [0.4, 0.5) is 0 Å². The highest BCUT2D eigenvalue weighted by atomic mass is 35.5. The van der Waals surface area contributed by atoms with Gasteiger partial charge in [-0.2, -0.15) is 0 Å². The average Bonchev–Trinajstić information content (AvgIpc) is 2.46. The third kappa shape index (κ3) is 1.40. The van der Waals surface area contributed by atoms with Crippen molar-refractivity contribution in [1.29, 1.82) is 0 Å². The maximum atomic E-state index is 11.1. The highest BCUT2D eigenvalue weighted by Crippen LogP contribution is 2.33. The maximum absolute atomic E-state index is 11.1. The number of benzene rings is 1. The van der Waals surface area contributed by atoms with Crippen molar-refractivity contribution in [3.63, 3.8) is 0 Å². The quantitative estimate of drug-likeness (QED) is 0.667. The fraction of sp³-hybridized carbons (Fsp3) is 0.364. The molecule has 2 nitrogen and oxygen atoms in total. The van der Waals surface area contributed by atoms with E-state index >= 15 is 0 Å². The van der Waals surface area contributed by atoms with Gasteiger partial charge in [0.15, 0.2) is 0 Å². The van der Waals surface area contributed by atoms with Crippen LogP contribution in [0.15, 0.2) is 12.1 Å². The molecule has 1 aliphatic heterocycles. The summed E-state index contributed by atoms with van der Waals surface area (Å²) in [5, 5.41) is -0.398. The van der Waals surface area contributed by atoms with Gasteiger partial charge in [-0.1, -0.05) is 0 Å². The highest BCUT2D eigenvalue weighted by molar-refractivity contribution is 6.67. The van der Waals surface area contributed by atoms with E-state index in [-0.39, 0.29) is 6.10 Å². The molecule has 0 saturated carbocycles. The minimum atomic E-state index is -0.398. The molecular formula is C11H11ClO2. The molecule has 1 heterocycles. The van der Waals surface area contributed by atoms with E-state index in [0.717, 1.165) is 23.3 Å². The molecule has 1 aliphatic rings. The van der Waals surface area contributed by atoms with Crippen LogP contribution < -0.4 is 4.74 Å². The second kappa shape index (κ2) is 3.28. The van der Waals surface area contributed by atoms with Gasteiger partial charge in [-0.25, -0.2) is 0 Å². The van der Waals surface area contributed by atoms with Gasteiger partial charge in [0.25, 0.3) is 5.24 Å². The standard InChI is InChI=1S/C11H11ClO2/c1-6-5-9-7(2)8(11(12)13)3-4-10(9)14-6/h3-4,6H,5H2,1-2H3. The van der Waals surface area contributed by atoms with Gasteiger partial charge >= 0.3 is 0 Å². The summed E-state index contributed by atoms with van der Waals surface area (Å²) in [7, 11) is 0. The Hall–Kier alpha value is -1.02. The number of halogens is 1. The molecule has 0 aromatic heterocycles. The second-order valence-corrected chi connectivity index (χ2v) is 3.96. The van der Waals surface area contributed by atoms with Crippen LogP contribution in [0.2, 0.25) is 0 Å². The second-order valence-electron chi connectivity index (χ2n) is 3.62. The summed E-state index contributed by atoms with van der Waals surface area (Å²) in [6.45, 7) is 3.93. The zero-order valence-electron chi connectivity index (χ0n) is 8.13. The Bertz CT molecular complexity index is 399. The molecule has 0 bridgehead atoms. The van der Waals surface area contributed by atoms with Crippen LogP contribution in [0.25, 0.3) is 0 Å². The molecule has 0 spiro atoms. The molecule has 2 rings (SSSR count). The Balaban J connectivity index is 2.53. The molecule has 0 saturated heterocycles. The molecule has 3 heteroatoms. The van der Waals surface area contributed by atoms with Crippen LogP contribution in [-0.2, 0) is 6.42 Å². The molecule has 0 fully saturated rings. The Kier molecular flexibility index (Phi) is 2.23. The Labute approximate surface area is 87.8 Å². The minimum absolute atomic E-state index is 0.198. The number of hydrogen-bond donors (Lipinski definition) is 0. The Morgan fingerprint density at radius 1 is 1.57 bits per heavy atom. The van der Waals surface area contributed by atoms with E-state index in [1.807, 2.05) is 19.9 Å². The van der Waals surface area contributed by atoms with Gasteiger partial charge in [0.05, 0.1) is 0 Å². The molecule has 1 unspecified atom stereocenters. The first-order valence-electron chi connectivity index (χ1n) is 4.58. The van der Waals surface area contributed by atoms with E-state index in [0.29, 0.717) is 5.56 Å². The van der Waals surface area contributed by atoms with E-state index in [1.54, 1.807) is 6.07 Å². The number of ether oxygens (including phenoxy) is 1. The molecule has 0 amide bonds. The van der Waals surface area contributed by atoms with Crippen molar-refractivity contribution >= 4 is 16.8 Å². The number of carbonyl (C=O) groups is 1. The lowest BCUT2D eigenvalue weighted by atomic mass is 10.00. The van der Waals surface area contributed by atoms with Crippen molar-refractivity contribution in [2.75, 3.05) is 0 Å². The van der Waals surface area contributed by atoms with Crippen LogP contribution >= 0.6 is 11.6 Å². The lowest BCUT2D eigenvalue weighted by molar-refractivity contribution is 0.108. The lowest BCUT2D eigenvalue weighted by Gasteiger charge is -2.05. The smallest absolute Gasteiger partial charge is 0.252 e. The summed E-state index contributed by atoms with van der Waals surface area (Å²) in [4.78, 5) is 11.1. The summed E-state index contributed by atoms with van der Waals surface area (Å²) in [6.07, 6.45) is 1.06. The van der Waals surface area contributed by atoms with Gasteiger partial charge in [0.1, 0.15) is 11.9 Å². The Morgan fingerprint density at radius 2 is 2.29 bits per heavy atom. The monoisotopic (exact) mass is 210 g/mol. The van der Waals surface area contributed by atoms with Gasteiger partial charge in [-0.15, -0.1) is 0 Å². The van der Waals surface area contributed by atoms with Crippen molar-refractivity contribution in [2.45, 2.75) is 26.4 Å². The Morgan fingerprint density at radius 3 is 2.93 bits per heavy atom. The van der Waals surface area contributed by atoms with E-state index in [2.05, 4.69) is 0 Å². The number of carbonyl (C=O) groups excluding carboxylic acids is 1. The molecule has 74 valence electrons. The maximum Gasteiger partial charge on any atom is 0.252 e. The third-order valence-electron chi connectivity index (χ3n) is 2.59. The SMILES string of the molecule is Cc1c(C(=O)Cl)ccc2c1CC(C)O2. The summed E-state index contributed by atoms with van der Waals surface area (Å²) in [5.41, 5.74) is 2.65. The first kappa shape index (κ1) is 9.53. The average molecular weight is 211 g/mol. The molecule has 0 radical (unpaired) electrons. The molecule has 1 aromatic rings. The van der Waals surface area contributed by atoms with Crippen molar-refractivity contribution in [3.8, 4) is 5.75 Å². The van der Waals surface area contributed by atoms with Crippen LogP contribution in [0.3, 0.4) is 0 Å². The van der Waals surface area contributed by atoms with Crippen LogP contribution in [-0.4, -0.2) is 11.3 Å². The number of fused-ring (bicyclic) bond motifs is 1. The highest BCUT2D eigenvalue weighted by Gasteiger charge is 2.23. The van der Waals surface area contributed by atoms with Crippen molar-refractivity contribution in [2.24, 2.45) is 0 Å². The molecular weight excluding hydrogens is 200 g/mol. The first-order chi connectivity index (χ1) is 6.59. The van der Waals surface area contributed by atoms with Gasteiger partial charge in [0, 0.05) is 17.5 Å². The van der Waals surface area contributed by atoms with Gasteiger partial charge < -0.3 is 4.74 Å². The molecule has 14 heavy (non-hydrogen) atoms. The zero-order valence-corrected chi connectivity index (χ0v) is 8.89. The molecule has 1 atom stereocenters. The molecule has 0 N–H and O–H groups in total. The van der Waals surface area contributed by atoms with E-state index < -0.39 is 5.24 Å². The summed E-state index contributed by atoms with van der Waals surface area (Å²) < 4.78 is 5.57. The number of rotatable bonds is 1. The third-order valence-corrected chi connectivity index (χ3v) is 2.79. The summed E-state index contributed by atoms with van der Waals surface area (Å²) in [5.74, 6) is 0.886. The fourth-order valence-corrected chi connectivity index (χ4v) is 2.06. The topological polar surface area (TPSA) is 26.3 Å². The van der Waals surface area contributed by atoms with Crippen molar-refractivity contribution < 1.29 is 9.53 Å². The van der Waals surface area contributed by atoms with Gasteiger partial charge in [-0.05, 0) is 43.1 Å².